The average Bonchev–Trinajstić information content (AvgIpc) is 3.48. The van der Waals surface area contributed by atoms with Crippen LogP contribution >= 0.6 is 0 Å². The lowest BCUT2D eigenvalue weighted by atomic mass is 9.82. The van der Waals surface area contributed by atoms with Crippen LogP contribution in [0.4, 0.5) is 5.69 Å². The predicted octanol–water partition coefficient (Wildman–Crippen LogP) is 4.09. The van der Waals surface area contributed by atoms with E-state index in [1.54, 1.807) is 0 Å². The first-order valence-corrected chi connectivity index (χ1v) is 11.0. The highest BCUT2D eigenvalue weighted by Gasteiger charge is 2.47. The molecule has 2 aromatic rings. The molecule has 3 aliphatic rings. The number of amides is 1. The van der Waals surface area contributed by atoms with Crippen molar-refractivity contribution in [3.63, 3.8) is 0 Å². The second-order valence-corrected chi connectivity index (χ2v) is 8.83. The Morgan fingerprint density at radius 3 is 2.53 bits per heavy atom. The van der Waals surface area contributed by atoms with Gasteiger partial charge in [-0.15, -0.1) is 0 Å². The van der Waals surface area contributed by atoms with E-state index >= 15 is 0 Å². The number of likely N-dealkylation sites (tertiary alicyclic amines) is 1. The van der Waals surface area contributed by atoms with Crippen LogP contribution in [0.15, 0.2) is 42.5 Å². The van der Waals surface area contributed by atoms with Gasteiger partial charge in [0, 0.05) is 24.1 Å². The van der Waals surface area contributed by atoms with Gasteiger partial charge in [-0.25, -0.2) is 0 Å². The quantitative estimate of drug-likeness (QED) is 0.812. The number of fused-ring (bicyclic) bond motifs is 3. The van der Waals surface area contributed by atoms with Crippen LogP contribution in [0.5, 0.6) is 0 Å². The highest BCUT2D eigenvalue weighted by Crippen LogP contribution is 2.48. The van der Waals surface area contributed by atoms with Crippen molar-refractivity contribution in [1.82, 2.24) is 4.90 Å². The molecule has 30 heavy (non-hydrogen) atoms. The number of nitrogens with zero attached hydrogens (tertiary/aromatic N) is 2. The van der Waals surface area contributed by atoms with E-state index in [4.69, 9.17) is 5.26 Å². The molecule has 2 heterocycles. The summed E-state index contributed by atoms with van der Waals surface area (Å²) < 4.78 is 0. The number of hydrogen-bond acceptors (Lipinski definition) is 4. The molecule has 154 valence electrons. The Kier molecular flexibility index (Phi) is 4.96. The number of nitrogens with one attached hydrogen (secondary N) is 1. The molecular weight excluding hydrogens is 374 g/mol. The van der Waals surface area contributed by atoms with Gasteiger partial charge in [0.15, 0.2) is 0 Å². The number of anilines is 1. The summed E-state index contributed by atoms with van der Waals surface area (Å²) in [6.45, 7) is 0.840. The third-order valence-electron chi connectivity index (χ3n) is 7.20. The summed E-state index contributed by atoms with van der Waals surface area (Å²) in [5.41, 5.74) is 4.95. The molecule has 0 bridgehead atoms. The van der Waals surface area contributed by atoms with Crippen molar-refractivity contribution < 1.29 is 9.90 Å². The molecule has 1 aliphatic carbocycles. The first-order chi connectivity index (χ1) is 14.7. The van der Waals surface area contributed by atoms with Crippen LogP contribution in [0.25, 0.3) is 11.1 Å². The van der Waals surface area contributed by atoms with Crippen molar-refractivity contribution in [2.45, 2.75) is 44.2 Å². The van der Waals surface area contributed by atoms with E-state index in [1.165, 1.54) is 0 Å². The van der Waals surface area contributed by atoms with E-state index in [1.807, 2.05) is 24.3 Å². The third kappa shape index (κ3) is 3.16. The number of benzene rings is 2. The van der Waals surface area contributed by atoms with Crippen LogP contribution in [0.3, 0.4) is 0 Å². The summed E-state index contributed by atoms with van der Waals surface area (Å²) in [6.07, 6.45) is 5.23. The largest absolute Gasteiger partial charge is 0.394 e. The molecule has 5 nitrogen and oxygen atoms in total. The summed E-state index contributed by atoms with van der Waals surface area (Å²) in [6, 6.07) is 16.1. The average molecular weight is 402 g/mol. The Labute approximate surface area is 177 Å². The van der Waals surface area contributed by atoms with Gasteiger partial charge in [0.25, 0.3) is 0 Å². The van der Waals surface area contributed by atoms with Gasteiger partial charge in [0.1, 0.15) is 0 Å². The minimum Gasteiger partial charge on any atom is -0.394 e. The zero-order valence-corrected chi connectivity index (χ0v) is 17.1. The lowest BCUT2D eigenvalue weighted by Crippen LogP contribution is -2.44. The lowest BCUT2D eigenvalue weighted by Gasteiger charge is -2.40. The van der Waals surface area contributed by atoms with E-state index in [2.05, 4.69) is 34.5 Å². The maximum absolute atomic E-state index is 13.3. The molecule has 5 heteroatoms. The first kappa shape index (κ1) is 19.1. The van der Waals surface area contributed by atoms with Crippen LogP contribution in [0.1, 0.15) is 49.3 Å². The maximum atomic E-state index is 13.3. The Morgan fingerprint density at radius 1 is 1.10 bits per heavy atom. The van der Waals surface area contributed by atoms with Crippen molar-refractivity contribution in [3.05, 3.63) is 53.6 Å². The number of nitriles is 1. The smallest absolute Gasteiger partial charge is 0.226 e. The first-order valence-electron chi connectivity index (χ1n) is 11.0. The van der Waals surface area contributed by atoms with Crippen molar-refractivity contribution in [3.8, 4) is 17.2 Å². The third-order valence-corrected chi connectivity index (χ3v) is 7.20. The molecule has 0 spiro atoms. The molecule has 1 amide bonds. The van der Waals surface area contributed by atoms with Crippen LogP contribution < -0.4 is 5.32 Å². The molecule has 2 aliphatic heterocycles. The topological polar surface area (TPSA) is 76.4 Å². The lowest BCUT2D eigenvalue weighted by molar-refractivity contribution is -0.136. The number of aliphatic hydroxyl groups excluding tert-OH is 1. The zero-order chi connectivity index (χ0) is 20.7. The second-order valence-electron chi connectivity index (χ2n) is 8.83. The standard InChI is InChI=1S/C25H27N3O2/c26-14-16-5-7-17(8-6-16)19-9-10-22-21(13-19)24-20(23(15-29)27-22)11-12-28(24)25(30)18-3-1-2-4-18/h5-10,13,18,20,23-24,27,29H,1-4,11-12,15H2/t20-,23-,24-/m1/s1. The van der Waals surface area contributed by atoms with Gasteiger partial charge in [-0.3, -0.25) is 4.79 Å². The summed E-state index contributed by atoms with van der Waals surface area (Å²) in [5.74, 6) is 0.689. The molecule has 0 aromatic heterocycles. The number of aliphatic hydroxyl groups is 1. The van der Waals surface area contributed by atoms with E-state index in [0.29, 0.717) is 11.5 Å². The van der Waals surface area contributed by atoms with E-state index in [0.717, 1.165) is 61.0 Å². The van der Waals surface area contributed by atoms with Crippen LogP contribution in [0, 0.1) is 23.2 Å². The fourth-order valence-electron chi connectivity index (χ4n) is 5.63. The predicted molar refractivity (Wildman–Crippen MR) is 116 cm³/mol. The second kappa shape index (κ2) is 7.77. The van der Waals surface area contributed by atoms with Crippen LogP contribution in [-0.2, 0) is 4.79 Å². The van der Waals surface area contributed by atoms with Crippen molar-refractivity contribution in [2.24, 2.45) is 11.8 Å². The maximum Gasteiger partial charge on any atom is 0.226 e. The van der Waals surface area contributed by atoms with Crippen molar-refractivity contribution >= 4 is 11.6 Å². The SMILES string of the molecule is N#Cc1ccc(-c2ccc3c(c2)[C@H]2[C@H](CCN2C(=O)C2CCCC2)[C@@H](CO)N3)cc1. The minimum absolute atomic E-state index is 0.0184. The summed E-state index contributed by atoms with van der Waals surface area (Å²) >= 11 is 0. The van der Waals surface area contributed by atoms with E-state index in [-0.39, 0.29) is 30.5 Å². The van der Waals surface area contributed by atoms with Gasteiger partial charge >= 0.3 is 0 Å². The van der Waals surface area contributed by atoms with Gasteiger partial charge in [0.2, 0.25) is 5.91 Å². The van der Waals surface area contributed by atoms with Gasteiger partial charge in [-0.2, -0.15) is 5.26 Å². The summed E-state index contributed by atoms with van der Waals surface area (Å²) in [4.78, 5) is 15.4. The molecule has 1 saturated heterocycles. The molecule has 3 atom stereocenters. The molecule has 2 fully saturated rings. The number of carbonyl (C=O) groups is 1. The minimum atomic E-state index is -0.0235. The van der Waals surface area contributed by atoms with Gasteiger partial charge in [-0.1, -0.05) is 31.0 Å². The number of rotatable bonds is 3. The van der Waals surface area contributed by atoms with Crippen LogP contribution in [0.2, 0.25) is 0 Å². The van der Waals surface area contributed by atoms with E-state index in [9.17, 15) is 9.90 Å². The summed E-state index contributed by atoms with van der Waals surface area (Å²) in [7, 11) is 0. The molecule has 5 rings (SSSR count). The molecule has 2 aromatic carbocycles. The van der Waals surface area contributed by atoms with Crippen molar-refractivity contribution in [1.29, 1.82) is 5.26 Å². The normalized spacial score (nSPS) is 25.3. The Hall–Kier alpha value is -2.84. The van der Waals surface area contributed by atoms with Crippen molar-refractivity contribution in [2.75, 3.05) is 18.5 Å². The van der Waals surface area contributed by atoms with Gasteiger partial charge < -0.3 is 15.3 Å². The van der Waals surface area contributed by atoms with Gasteiger partial charge in [-0.05, 0) is 60.2 Å². The Bertz CT molecular complexity index is 988. The molecular formula is C25H27N3O2. The Balaban J connectivity index is 1.53. The highest BCUT2D eigenvalue weighted by molar-refractivity contribution is 5.81. The molecule has 1 saturated carbocycles. The molecule has 0 radical (unpaired) electrons. The van der Waals surface area contributed by atoms with Crippen LogP contribution in [-0.4, -0.2) is 35.1 Å². The monoisotopic (exact) mass is 401 g/mol. The van der Waals surface area contributed by atoms with Gasteiger partial charge in [0.05, 0.1) is 30.3 Å². The van der Waals surface area contributed by atoms with E-state index < -0.39 is 0 Å². The summed E-state index contributed by atoms with van der Waals surface area (Å²) in [5, 5.41) is 22.6. The number of carbonyl (C=O) groups excluding carboxylic acids is 1. The zero-order valence-electron chi connectivity index (χ0n) is 17.1. The fourth-order valence-corrected chi connectivity index (χ4v) is 5.63. The molecule has 0 unspecified atom stereocenters. The Morgan fingerprint density at radius 2 is 1.83 bits per heavy atom. The fraction of sp³-hybridized carbons (Fsp3) is 0.440. The highest BCUT2D eigenvalue weighted by atomic mass is 16.3. The molecule has 2 N–H and O–H groups in total. The number of hydrogen-bond donors (Lipinski definition) is 2.